The Kier molecular flexibility index (Phi) is 2.71. The Hall–Kier alpha value is -0.540. The van der Waals surface area contributed by atoms with E-state index in [1.165, 1.54) is 18.4 Å². The van der Waals surface area contributed by atoms with Crippen LogP contribution in [0.4, 0.5) is 0 Å². The van der Waals surface area contributed by atoms with Crippen LogP contribution in [0.25, 0.3) is 11.0 Å². The van der Waals surface area contributed by atoms with Gasteiger partial charge >= 0.3 is 0 Å². The Morgan fingerprint density at radius 1 is 1.47 bits per heavy atom. The number of aromatic nitrogens is 2. The van der Waals surface area contributed by atoms with Gasteiger partial charge < -0.3 is 4.57 Å². The summed E-state index contributed by atoms with van der Waals surface area (Å²) in [5, 5.41) is 0. The van der Waals surface area contributed by atoms with Gasteiger partial charge in [-0.15, -0.1) is 11.6 Å². The molecule has 1 heterocycles. The zero-order valence-corrected chi connectivity index (χ0v) is 12.1. The first-order chi connectivity index (χ1) is 8.11. The summed E-state index contributed by atoms with van der Waals surface area (Å²) in [6, 6.07) is 6.20. The minimum absolute atomic E-state index is 0.455. The number of nitrogens with zero attached hydrogens (tertiary/aromatic N) is 2. The van der Waals surface area contributed by atoms with Crippen molar-refractivity contribution >= 4 is 38.6 Å². The van der Waals surface area contributed by atoms with E-state index >= 15 is 0 Å². The molecule has 1 aliphatic carbocycles. The predicted molar refractivity (Wildman–Crippen MR) is 74.3 cm³/mol. The van der Waals surface area contributed by atoms with Crippen molar-refractivity contribution in [1.82, 2.24) is 9.55 Å². The molecule has 2 aromatic rings. The molecule has 0 N–H and O–H groups in total. The van der Waals surface area contributed by atoms with Gasteiger partial charge in [-0.2, -0.15) is 0 Å². The van der Waals surface area contributed by atoms with E-state index in [9.17, 15) is 0 Å². The van der Waals surface area contributed by atoms with E-state index in [-0.39, 0.29) is 0 Å². The molecule has 3 rings (SSSR count). The minimum atomic E-state index is 0.455. The highest BCUT2D eigenvalue weighted by molar-refractivity contribution is 9.10. The van der Waals surface area contributed by atoms with Crippen LogP contribution in [0.3, 0.4) is 0 Å². The van der Waals surface area contributed by atoms with E-state index < -0.39 is 0 Å². The third-order valence-electron chi connectivity index (χ3n) is 3.55. The molecule has 0 unspecified atom stereocenters. The number of benzene rings is 1. The van der Waals surface area contributed by atoms with Gasteiger partial charge in [0.1, 0.15) is 5.82 Å². The fraction of sp³-hybridized carbons (Fsp3) is 0.462. The number of imidazole rings is 1. The van der Waals surface area contributed by atoms with E-state index in [0.717, 1.165) is 22.4 Å². The van der Waals surface area contributed by atoms with Gasteiger partial charge in [0.2, 0.25) is 0 Å². The van der Waals surface area contributed by atoms with Crippen molar-refractivity contribution in [1.29, 1.82) is 0 Å². The molecule has 0 spiro atoms. The van der Waals surface area contributed by atoms with Gasteiger partial charge in [-0.3, -0.25) is 0 Å². The van der Waals surface area contributed by atoms with Gasteiger partial charge in [0.15, 0.2) is 0 Å². The molecule has 1 aromatic heterocycles. The molecule has 0 aliphatic heterocycles. The third-order valence-corrected chi connectivity index (χ3v) is 4.28. The van der Waals surface area contributed by atoms with Crippen LogP contribution in [0.1, 0.15) is 25.6 Å². The van der Waals surface area contributed by atoms with Crippen molar-refractivity contribution in [2.24, 2.45) is 5.41 Å². The molecule has 90 valence electrons. The summed E-state index contributed by atoms with van der Waals surface area (Å²) in [6.07, 6.45) is 2.62. The summed E-state index contributed by atoms with van der Waals surface area (Å²) >= 11 is 9.52. The average molecular weight is 314 g/mol. The van der Waals surface area contributed by atoms with Crippen LogP contribution in [-0.4, -0.2) is 9.55 Å². The first kappa shape index (κ1) is 11.5. The first-order valence-electron chi connectivity index (χ1n) is 5.82. The average Bonchev–Trinajstić information content (AvgIpc) is 2.93. The highest BCUT2D eigenvalue weighted by Gasteiger charge is 2.38. The number of halogens is 2. The molecule has 1 fully saturated rings. The standard InChI is InChI=1S/C13H14BrClN2/c1-13(4-5-13)8-17-11-6-9(14)2-3-10(11)16-12(17)7-15/h2-3,6H,4-5,7-8H2,1H3. The quantitative estimate of drug-likeness (QED) is 0.771. The number of hydrogen-bond donors (Lipinski definition) is 0. The second-order valence-corrected chi connectivity index (χ2v) is 6.37. The van der Waals surface area contributed by atoms with Gasteiger partial charge in [0.05, 0.1) is 16.9 Å². The summed E-state index contributed by atoms with van der Waals surface area (Å²) in [6.45, 7) is 3.36. The Morgan fingerprint density at radius 2 is 2.24 bits per heavy atom. The van der Waals surface area contributed by atoms with E-state index in [1.807, 2.05) is 12.1 Å². The summed E-state index contributed by atoms with van der Waals surface area (Å²) < 4.78 is 3.37. The minimum Gasteiger partial charge on any atom is -0.326 e. The normalized spacial score (nSPS) is 17.6. The Morgan fingerprint density at radius 3 is 2.88 bits per heavy atom. The summed E-state index contributed by atoms with van der Waals surface area (Å²) in [7, 11) is 0. The second-order valence-electron chi connectivity index (χ2n) is 5.19. The van der Waals surface area contributed by atoms with Gasteiger partial charge in [-0.05, 0) is 36.5 Å². The maximum atomic E-state index is 6.00. The second kappa shape index (κ2) is 3.99. The maximum Gasteiger partial charge on any atom is 0.124 e. The van der Waals surface area contributed by atoms with Crippen LogP contribution in [-0.2, 0) is 12.4 Å². The van der Waals surface area contributed by atoms with Gasteiger partial charge in [0.25, 0.3) is 0 Å². The van der Waals surface area contributed by atoms with E-state index in [4.69, 9.17) is 11.6 Å². The van der Waals surface area contributed by atoms with Crippen molar-refractivity contribution in [3.63, 3.8) is 0 Å². The van der Waals surface area contributed by atoms with E-state index in [2.05, 4.69) is 38.5 Å². The molecule has 0 amide bonds. The smallest absolute Gasteiger partial charge is 0.124 e. The Bertz CT molecular complexity index is 572. The largest absolute Gasteiger partial charge is 0.326 e. The molecule has 1 saturated carbocycles. The molecule has 0 saturated heterocycles. The number of fused-ring (bicyclic) bond motifs is 1. The summed E-state index contributed by atoms with van der Waals surface area (Å²) in [4.78, 5) is 4.59. The molecule has 2 nitrogen and oxygen atoms in total. The lowest BCUT2D eigenvalue weighted by Gasteiger charge is -2.12. The lowest BCUT2D eigenvalue weighted by atomic mass is 10.1. The third kappa shape index (κ3) is 2.11. The molecule has 17 heavy (non-hydrogen) atoms. The number of alkyl halides is 1. The maximum absolute atomic E-state index is 6.00. The van der Waals surface area contributed by atoms with Crippen molar-refractivity contribution in [3.05, 3.63) is 28.5 Å². The van der Waals surface area contributed by atoms with Gasteiger partial charge in [0, 0.05) is 11.0 Å². The molecule has 1 aromatic carbocycles. The van der Waals surface area contributed by atoms with Crippen molar-refractivity contribution in [2.75, 3.05) is 0 Å². The van der Waals surface area contributed by atoms with Gasteiger partial charge in [-0.25, -0.2) is 4.98 Å². The molecule has 0 bridgehead atoms. The fourth-order valence-corrected chi connectivity index (χ4v) is 2.73. The zero-order valence-electron chi connectivity index (χ0n) is 9.71. The van der Waals surface area contributed by atoms with E-state index in [0.29, 0.717) is 11.3 Å². The van der Waals surface area contributed by atoms with Crippen LogP contribution in [0.5, 0.6) is 0 Å². The Labute approximate surface area is 114 Å². The predicted octanol–water partition coefficient (Wildman–Crippen LogP) is 4.34. The molecule has 4 heteroatoms. The molecule has 0 radical (unpaired) electrons. The van der Waals surface area contributed by atoms with Crippen LogP contribution >= 0.6 is 27.5 Å². The molecule has 1 aliphatic rings. The van der Waals surface area contributed by atoms with E-state index in [1.54, 1.807) is 0 Å². The number of hydrogen-bond acceptors (Lipinski definition) is 1. The highest BCUT2D eigenvalue weighted by Crippen LogP contribution is 2.47. The summed E-state index contributed by atoms with van der Waals surface area (Å²) in [5.74, 6) is 1.45. The molecular formula is C13H14BrClN2. The lowest BCUT2D eigenvalue weighted by Crippen LogP contribution is -2.10. The summed E-state index contributed by atoms with van der Waals surface area (Å²) in [5.41, 5.74) is 2.67. The fourth-order valence-electron chi connectivity index (χ4n) is 2.18. The Balaban J connectivity index is 2.14. The number of rotatable bonds is 3. The monoisotopic (exact) mass is 312 g/mol. The van der Waals surface area contributed by atoms with Crippen LogP contribution < -0.4 is 0 Å². The van der Waals surface area contributed by atoms with Crippen molar-refractivity contribution < 1.29 is 0 Å². The SMILES string of the molecule is CC1(Cn2c(CCl)nc3ccc(Br)cc32)CC1. The highest BCUT2D eigenvalue weighted by atomic mass is 79.9. The topological polar surface area (TPSA) is 17.8 Å². The van der Waals surface area contributed by atoms with Crippen LogP contribution in [0.2, 0.25) is 0 Å². The van der Waals surface area contributed by atoms with Crippen LogP contribution in [0, 0.1) is 5.41 Å². The van der Waals surface area contributed by atoms with Crippen molar-refractivity contribution in [2.45, 2.75) is 32.2 Å². The molecule has 0 atom stereocenters. The lowest BCUT2D eigenvalue weighted by molar-refractivity contribution is 0.465. The first-order valence-corrected chi connectivity index (χ1v) is 7.15. The molecular weight excluding hydrogens is 300 g/mol. The van der Waals surface area contributed by atoms with Crippen molar-refractivity contribution in [3.8, 4) is 0 Å². The van der Waals surface area contributed by atoms with Gasteiger partial charge in [-0.1, -0.05) is 22.9 Å². The zero-order chi connectivity index (χ0) is 12.0. The van der Waals surface area contributed by atoms with Crippen LogP contribution in [0.15, 0.2) is 22.7 Å².